The minimum Gasteiger partial charge on any atom is -0.496 e. The number of benzene rings is 1. The fraction of sp³-hybridized carbons (Fsp3) is 0.333. The predicted octanol–water partition coefficient (Wildman–Crippen LogP) is 4.36. The van der Waals surface area contributed by atoms with Crippen LogP contribution < -0.4 is 10.1 Å². The third-order valence-corrected chi connectivity index (χ3v) is 7.33. The van der Waals surface area contributed by atoms with Crippen molar-refractivity contribution in [3.63, 3.8) is 0 Å². The molecule has 2 aromatic heterocycles. The summed E-state index contributed by atoms with van der Waals surface area (Å²) in [5.74, 6) is 0.798. The number of fused-ring (bicyclic) bond motifs is 1. The second kappa shape index (κ2) is 11.3. The predicted molar refractivity (Wildman–Crippen MR) is 139 cm³/mol. The van der Waals surface area contributed by atoms with Crippen LogP contribution in [0.4, 0.5) is 5.00 Å². The molecule has 2 amide bonds. The molecule has 0 saturated heterocycles. The van der Waals surface area contributed by atoms with Crippen LogP contribution in [0, 0.1) is 6.92 Å². The fourth-order valence-corrected chi connectivity index (χ4v) is 5.66. The molecule has 0 radical (unpaired) electrons. The summed E-state index contributed by atoms with van der Waals surface area (Å²) < 4.78 is 5.44. The Bertz CT molecular complexity index is 1220. The van der Waals surface area contributed by atoms with Crippen LogP contribution in [-0.4, -0.2) is 42.1 Å². The lowest BCUT2D eigenvalue weighted by molar-refractivity contribution is -0.131. The van der Waals surface area contributed by atoms with E-state index in [1.54, 1.807) is 13.3 Å². The zero-order valence-corrected chi connectivity index (χ0v) is 21.0. The fourth-order valence-electron chi connectivity index (χ4n) is 4.37. The minimum atomic E-state index is -0.0550. The van der Waals surface area contributed by atoms with Gasteiger partial charge in [-0.3, -0.25) is 19.6 Å². The van der Waals surface area contributed by atoms with Crippen LogP contribution in [0.1, 0.15) is 39.2 Å². The summed E-state index contributed by atoms with van der Waals surface area (Å²) in [5, 5.41) is 3.90. The lowest BCUT2D eigenvalue weighted by Crippen LogP contribution is -2.36. The number of amides is 2. The Balaban J connectivity index is 1.44. The average molecular weight is 491 g/mol. The molecule has 1 aromatic carbocycles. The van der Waals surface area contributed by atoms with Gasteiger partial charge in [-0.25, -0.2) is 0 Å². The lowest BCUT2D eigenvalue weighted by Gasteiger charge is -2.27. The van der Waals surface area contributed by atoms with Crippen LogP contribution in [0.5, 0.6) is 5.75 Å². The zero-order chi connectivity index (χ0) is 24.8. The number of anilines is 1. The van der Waals surface area contributed by atoms with Gasteiger partial charge in [0.15, 0.2) is 0 Å². The van der Waals surface area contributed by atoms with Crippen molar-refractivity contribution in [2.45, 2.75) is 45.7 Å². The van der Waals surface area contributed by atoms with E-state index in [4.69, 9.17) is 4.74 Å². The number of thiophene rings is 1. The summed E-state index contributed by atoms with van der Waals surface area (Å²) in [6, 6.07) is 11.6. The number of ether oxygens (including phenoxy) is 1. The van der Waals surface area contributed by atoms with Crippen LogP contribution in [0.2, 0.25) is 0 Å². The number of hydrogen-bond acceptors (Lipinski definition) is 6. The minimum absolute atomic E-state index is 0.0550. The van der Waals surface area contributed by atoms with Gasteiger partial charge >= 0.3 is 0 Å². The highest BCUT2D eigenvalue weighted by molar-refractivity contribution is 7.16. The molecule has 7 nitrogen and oxygen atoms in total. The number of carbonyl (C=O) groups excluding carboxylic acids is 2. The molecule has 35 heavy (non-hydrogen) atoms. The Morgan fingerprint density at radius 3 is 2.89 bits per heavy atom. The number of aliphatic imine (C=N–C) groups is 1. The number of nitrogens with one attached hydrogen (secondary N) is 1. The molecule has 1 aliphatic rings. The first-order valence-electron chi connectivity index (χ1n) is 11.7. The highest BCUT2D eigenvalue weighted by atomic mass is 32.1. The summed E-state index contributed by atoms with van der Waals surface area (Å²) in [7, 11) is 1.64. The van der Waals surface area contributed by atoms with Crippen molar-refractivity contribution < 1.29 is 14.3 Å². The zero-order valence-electron chi connectivity index (χ0n) is 20.2. The monoisotopic (exact) mass is 490 g/mol. The molecule has 0 atom stereocenters. The molecule has 182 valence electrons. The van der Waals surface area contributed by atoms with E-state index in [0.29, 0.717) is 32.5 Å². The summed E-state index contributed by atoms with van der Waals surface area (Å²) in [4.78, 5) is 37.0. The first kappa shape index (κ1) is 24.6. The van der Waals surface area contributed by atoms with Gasteiger partial charge in [-0.1, -0.05) is 23.8 Å². The normalized spacial score (nSPS) is 12.7. The van der Waals surface area contributed by atoms with Gasteiger partial charge in [-0.2, -0.15) is 0 Å². The van der Waals surface area contributed by atoms with Gasteiger partial charge in [-0.05, 0) is 55.8 Å². The van der Waals surface area contributed by atoms with E-state index in [1.165, 1.54) is 16.9 Å². The first-order chi connectivity index (χ1) is 17.0. The van der Waals surface area contributed by atoms with E-state index in [-0.39, 0.29) is 18.2 Å². The third kappa shape index (κ3) is 5.95. The molecule has 0 unspecified atom stereocenters. The molecule has 0 saturated carbocycles. The Hall–Kier alpha value is -3.52. The van der Waals surface area contributed by atoms with Gasteiger partial charge in [0.1, 0.15) is 10.8 Å². The van der Waals surface area contributed by atoms with Gasteiger partial charge in [0.25, 0.3) is 0 Å². The number of pyridine rings is 1. The average Bonchev–Trinajstić information content (AvgIpc) is 3.19. The number of rotatable bonds is 9. The molecule has 0 spiro atoms. The van der Waals surface area contributed by atoms with Gasteiger partial charge in [-0.15, -0.1) is 11.3 Å². The van der Waals surface area contributed by atoms with Crippen molar-refractivity contribution in [3.05, 3.63) is 75.4 Å². The molecule has 1 aliphatic heterocycles. The molecule has 8 heteroatoms. The second-order valence-electron chi connectivity index (χ2n) is 8.62. The number of aryl methyl sites for hydroxylation is 2. The SMILES string of the molecule is C=NCc1c(NC(=O)CCc2cc(C)ccc2OC)sc2c1CCN(C(=O)Cc1ccccn1)C2. The molecule has 4 rings (SSSR count). The number of hydrogen-bond donors (Lipinski definition) is 1. The highest BCUT2D eigenvalue weighted by Gasteiger charge is 2.27. The lowest BCUT2D eigenvalue weighted by atomic mass is 10.0. The van der Waals surface area contributed by atoms with Crippen molar-refractivity contribution in [2.24, 2.45) is 4.99 Å². The van der Waals surface area contributed by atoms with Crippen molar-refractivity contribution in [3.8, 4) is 5.75 Å². The summed E-state index contributed by atoms with van der Waals surface area (Å²) in [6.07, 6.45) is 3.66. The van der Waals surface area contributed by atoms with Crippen molar-refractivity contribution in [1.82, 2.24) is 9.88 Å². The number of nitrogens with zero attached hydrogens (tertiary/aromatic N) is 3. The Labute approximate surface area is 209 Å². The van der Waals surface area contributed by atoms with E-state index in [0.717, 1.165) is 44.4 Å². The maximum Gasteiger partial charge on any atom is 0.228 e. The highest BCUT2D eigenvalue weighted by Crippen LogP contribution is 2.38. The van der Waals surface area contributed by atoms with E-state index < -0.39 is 0 Å². The summed E-state index contributed by atoms with van der Waals surface area (Å²) in [6.45, 7) is 7.29. The second-order valence-corrected chi connectivity index (χ2v) is 9.72. The molecular formula is C27H30N4O3S. The quantitative estimate of drug-likeness (QED) is 0.452. The van der Waals surface area contributed by atoms with Crippen molar-refractivity contribution in [1.29, 1.82) is 0 Å². The first-order valence-corrected chi connectivity index (χ1v) is 12.5. The van der Waals surface area contributed by atoms with Crippen molar-refractivity contribution in [2.75, 3.05) is 19.0 Å². The van der Waals surface area contributed by atoms with Gasteiger partial charge in [0, 0.05) is 35.3 Å². The van der Waals surface area contributed by atoms with E-state index >= 15 is 0 Å². The molecule has 3 heterocycles. The van der Waals surface area contributed by atoms with Gasteiger partial charge in [0.2, 0.25) is 11.8 Å². The smallest absolute Gasteiger partial charge is 0.228 e. The van der Waals surface area contributed by atoms with Gasteiger partial charge < -0.3 is 15.0 Å². The molecule has 3 aromatic rings. The molecule has 0 bridgehead atoms. The molecular weight excluding hydrogens is 460 g/mol. The van der Waals surface area contributed by atoms with Crippen LogP contribution >= 0.6 is 11.3 Å². The van der Waals surface area contributed by atoms with Crippen LogP contribution in [-0.2, 0) is 41.9 Å². The third-order valence-electron chi connectivity index (χ3n) is 6.16. The van der Waals surface area contributed by atoms with Crippen LogP contribution in [0.3, 0.4) is 0 Å². The van der Waals surface area contributed by atoms with Crippen LogP contribution in [0.15, 0.2) is 47.6 Å². The Morgan fingerprint density at radius 2 is 2.14 bits per heavy atom. The standard InChI is InChI=1S/C27H30N4O3S/c1-18-7-9-23(34-3)19(14-18)8-10-25(32)30-27-22(16-28-2)21-11-13-31(17-24(21)35-27)26(33)15-20-6-4-5-12-29-20/h4-7,9,12,14H,2,8,10-11,13,15-17H2,1,3H3,(H,30,32). The topological polar surface area (TPSA) is 83.9 Å². The maximum atomic E-state index is 12.9. The Kier molecular flexibility index (Phi) is 7.92. The van der Waals surface area contributed by atoms with Gasteiger partial charge in [0.05, 0.1) is 26.6 Å². The van der Waals surface area contributed by atoms with E-state index in [9.17, 15) is 9.59 Å². The van der Waals surface area contributed by atoms with Crippen molar-refractivity contribution >= 4 is 34.9 Å². The molecule has 0 fully saturated rings. The van der Waals surface area contributed by atoms with E-state index in [1.807, 2.05) is 42.2 Å². The van der Waals surface area contributed by atoms with E-state index in [2.05, 4.69) is 28.1 Å². The molecule has 1 N–H and O–H groups in total. The maximum absolute atomic E-state index is 12.9. The summed E-state index contributed by atoms with van der Waals surface area (Å²) in [5.41, 5.74) is 5.11. The largest absolute Gasteiger partial charge is 0.496 e. The summed E-state index contributed by atoms with van der Waals surface area (Å²) >= 11 is 1.54. The molecule has 0 aliphatic carbocycles. The number of aromatic nitrogens is 1. The van der Waals surface area contributed by atoms with Crippen LogP contribution in [0.25, 0.3) is 0 Å². The number of carbonyl (C=O) groups is 2. The Morgan fingerprint density at radius 1 is 1.29 bits per heavy atom. The number of methoxy groups -OCH3 is 1.